The van der Waals surface area contributed by atoms with Crippen molar-refractivity contribution < 1.29 is 26.4 Å². The van der Waals surface area contributed by atoms with Gasteiger partial charge in [-0.25, -0.2) is 8.42 Å². The maximum atomic E-state index is 13.0. The van der Waals surface area contributed by atoms with Gasteiger partial charge in [0.2, 0.25) is 0 Å². The van der Waals surface area contributed by atoms with E-state index in [1.54, 1.807) is 37.3 Å². The van der Waals surface area contributed by atoms with Crippen LogP contribution in [0.5, 0.6) is 0 Å². The van der Waals surface area contributed by atoms with E-state index in [1.165, 1.54) is 12.1 Å². The first kappa shape index (κ1) is 27.5. The van der Waals surface area contributed by atoms with E-state index in [0.717, 1.165) is 45.1 Å². The lowest BCUT2D eigenvalue weighted by Gasteiger charge is -2.10. The number of nitrogens with zero attached hydrogens (tertiary/aromatic N) is 1. The molecular formula is C31H27F3N2O3S. The number of alkyl halides is 3. The van der Waals surface area contributed by atoms with Crippen LogP contribution in [0.3, 0.4) is 0 Å². The third-order valence-electron chi connectivity index (χ3n) is 7.06. The monoisotopic (exact) mass is 564 g/mol. The summed E-state index contributed by atoms with van der Waals surface area (Å²) in [5, 5.41) is 4.78. The van der Waals surface area contributed by atoms with Gasteiger partial charge in [0.1, 0.15) is 0 Å². The van der Waals surface area contributed by atoms with Gasteiger partial charge in [0.15, 0.2) is 9.84 Å². The Labute approximate surface area is 230 Å². The fourth-order valence-electron chi connectivity index (χ4n) is 4.80. The number of aromatic nitrogens is 1. The van der Waals surface area contributed by atoms with Crippen LogP contribution in [0.2, 0.25) is 0 Å². The van der Waals surface area contributed by atoms with E-state index in [9.17, 15) is 26.4 Å². The van der Waals surface area contributed by atoms with Crippen LogP contribution in [0, 0.1) is 0 Å². The molecule has 0 aliphatic carbocycles. The normalized spacial score (nSPS) is 12.2. The molecule has 5 aromatic rings. The summed E-state index contributed by atoms with van der Waals surface area (Å²) in [6.07, 6.45) is -3.82. The third-order valence-corrected chi connectivity index (χ3v) is 8.81. The molecule has 0 bridgehead atoms. The van der Waals surface area contributed by atoms with Gasteiger partial charge in [0.25, 0.3) is 5.91 Å². The molecule has 5 nitrogen and oxygen atoms in total. The highest BCUT2D eigenvalue weighted by Gasteiger charge is 2.29. The molecule has 0 fully saturated rings. The third kappa shape index (κ3) is 5.60. The molecule has 206 valence electrons. The average Bonchev–Trinajstić information content (AvgIpc) is 3.27. The highest BCUT2D eigenvalue weighted by atomic mass is 32.2. The van der Waals surface area contributed by atoms with Crippen LogP contribution in [0.15, 0.2) is 95.9 Å². The van der Waals surface area contributed by atoms with Crippen molar-refractivity contribution in [2.45, 2.75) is 37.5 Å². The number of halogens is 3. The highest BCUT2D eigenvalue weighted by molar-refractivity contribution is 7.91. The standard InChI is InChI=1S/C31H27F3N2O3S/c1-2-40(38,39)25-14-9-22(10-15-25)20-35-30(37)23-11-16-29-27(19-23)26-5-3-4-6-28(26)36(29)18-17-21-7-12-24(13-8-21)31(32,33)34/h3-16,19H,2,17-18,20H2,1H3,(H,35,37). The smallest absolute Gasteiger partial charge is 0.348 e. The number of carbonyl (C=O) groups is 1. The van der Waals surface area contributed by atoms with Crippen molar-refractivity contribution in [2.75, 3.05) is 5.75 Å². The number of sulfone groups is 1. The van der Waals surface area contributed by atoms with Crippen LogP contribution in [-0.4, -0.2) is 24.6 Å². The number of fused-ring (bicyclic) bond motifs is 3. The van der Waals surface area contributed by atoms with E-state index in [1.807, 2.05) is 36.4 Å². The number of aryl methyl sites for hydroxylation is 2. The zero-order valence-electron chi connectivity index (χ0n) is 21.7. The molecule has 40 heavy (non-hydrogen) atoms. The fourth-order valence-corrected chi connectivity index (χ4v) is 5.69. The van der Waals surface area contributed by atoms with Gasteiger partial charge in [0.05, 0.1) is 16.2 Å². The summed E-state index contributed by atoms with van der Waals surface area (Å²) in [5.74, 6) is -0.231. The topological polar surface area (TPSA) is 68.2 Å². The summed E-state index contributed by atoms with van der Waals surface area (Å²) in [6.45, 7) is 2.40. The lowest BCUT2D eigenvalue weighted by molar-refractivity contribution is -0.137. The second-order valence-electron chi connectivity index (χ2n) is 9.58. The first-order chi connectivity index (χ1) is 19.1. The summed E-state index contributed by atoms with van der Waals surface area (Å²) in [6, 6.07) is 25.0. The quantitative estimate of drug-likeness (QED) is 0.226. The summed E-state index contributed by atoms with van der Waals surface area (Å²) >= 11 is 0. The number of amides is 1. The van der Waals surface area contributed by atoms with Gasteiger partial charge in [-0.2, -0.15) is 13.2 Å². The molecule has 0 aliphatic rings. The van der Waals surface area contributed by atoms with E-state index in [0.29, 0.717) is 18.5 Å². The van der Waals surface area contributed by atoms with Gasteiger partial charge in [0, 0.05) is 40.5 Å². The summed E-state index contributed by atoms with van der Waals surface area (Å²) in [7, 11) is -3.28. The summed E-state index contributed by atoms with van der Waals surface area (Å²) in [5.41, 5.74) is 3.31. The second-order valence-corrected chi connectivity index (χ2v) is 11.9. The lowest BCUT2D eigenvalue weighted by atomic mass is 10.1. The number of hydrogen-bond donors (Lipinski definition) is 1. The Morgan fingerprint density at radius 1 is 0.825 bits per heavy atom. The Morgan fingerprint density at radius 2 is 1.48 bits per heavy atom. The molecule has 0 atom stereocenters. The molecule has 0 saturated heterocycles. The van der Waals surface area contributed by atoms with Gasteiger partial charge in [-0.05, 0) is 66.1 Å². The second kappa shape index (κ2) is 10.8. The van der Waals surface area contributed by atoms with Crippen LogP contribution in [0.1, 0.15) is 34.0 Å². The Hall–Kier alpha value is -4.11. The molecule has 9 heteroatoms. The number of benzene rings is 4. The molecule has 1 heterocycles. The van der Waals surface area contributed by atoms with E-state index < -0.39 is 21.6 Å². The van der Waals surface area contributed by atoms with Crippen molar-refractivity contribution in [1.82, 2.24) is 9.88 Å². The van der Waals surface area contributed by atoms with Crippen LogP contribution in [-0.2, 0) is 35.5 Å². The van der Waals surface area contributed by atoms with Crippen LogP contribution >= 0.6 is 0 Å². The Morgan fingerprint density at radius 3 is 2.15 bits per heavy atom. The SMILES string of the molecule is CCS(=O)(=O)c1ccc(CNC(=O)c2ccc3c(c2)c2ccccc2n3CCc2ccc(C(F)(F)F)cc2)cc1. The van der Waals surface area contributed by atoms with Gasteiger partial charge >= 0.3 is 6.18 Å². The van der Waals surface area contributed by atoms with Crippen molar-refractivity contribution in [3.8, 4) is 0 Å². The minimum absolute atomic E-state index is 0.0248. The predicted octanol–water partition coefficient (Wildman–Crippen LogP) is 6.78. The molecule has 0 aliphatic heterocycles. The van der Waals surface area contributed by atoms with Gasteiger partial charge in [-0.3, -0.25) is 4.79 Å². The number of hydrogen-bond acceptors (Lipinski definition) is 3. The van der Waals surface area contributed by atoms with Gasteiger partial charge in [-0.15, -0.1) is 0 Å². The minimum atomic E-state index is -4.36. The number of nitrogens with one attached hydrogen (secondary N) is 1. The highest BCUT2D eigenvalue weighted by Crippen LogP contribution is 2.31. The number of rotatable bonds is 8. The van der Waals surface area contributed by atoms with Crippen LogP contribution < -0.4 is 5.32 Å². The predicted molar refractivity (Wildman–Crippen MR) is 150 cm³/mol. The minimum Gasteiger partial charge on any atom is -0.348 e. The number of carbonyl (C=O) groups excluding carboxylic acids is 1. The number of para-hydroxylation sites is 1. The Balaban J connectivity index is 1.35. The van der Waals surface area contributed by atoms with E-state index in [4.69, 9.17) is 0 Å². The van der Waals surface area contributed by atoms with E-state index in [2.05, 4.69) is 9.88 Å². The zero-order valence-corrected chi connectivity index (χ0v) is 22.5. The van der Waals surface area contributed by atoms with Gasteiger partial charge in [-0.1, -0.05) is 49.4 Å². The molecule has 1 amide bonds. The van der Waals surface area contributed by atoms with E-state index >= 15 is 0 Å². The van der Waals surface area contributed by atoms with Crippen molar-refractivity contribution in [3.05, 3.63) is 113 Å². The zero-order chi connectivity index (χ0) is 28.5. The fraction of sp³-hybridized carbons (Fsp3) is 0.194. The maximum Gasteiger partial charge on any atom is 0.416 e. The largest absolute Gasteiger partial charge is 0.416 e. The lowest BCUT2D eigenvalue weighted by Crippen LogP contribution is -2.22. The average molecular weight is 565 g/mol. The molecule has 0 saturated carbocycles. The molecule has 5 rings (SSSR count). The van der Waals surface area contributed by atoms with E-state index in [-0.39, 0.29) is 23.1 Å². The van der Waals surface area contributed by atoms with Crippen molar-refractivity contribution in [3.63, 3.8) is 0 Å². The van der Waals surface area contributed by atoms with Crippen molar-refractivity contribution >= 4 is 37.6 Å². The molecule has 1 aromatic heterocycles. The Kier molecular flexibility index (Phi) is 7.42. The van der Waals surface area contributed by atoms with Crippen molar-refractivity contribution in [2.24, 2.45) is 0 Å². The summed E-state index contributed by atoms with van der Waals surface area (Å²) < 4.78 is 64.9. The van der Waals surface area contributed by atoms with Crippen LogP contribution in [0.4, 0.5) is 13.2 Å². The molecule has 4 aromatic carbocycles. The van der Waals surface area contributed by atoms with Crippen molar-refractivity contribution in [1.29, 1.82) is 0 Å². The Bertz CT molecular complexity index is 1790. The molecule has 0 radical (unpaired) electrons. The molecule has 0 unspecified atom stereocenters. The summed E-state index contributed by atoms with van der Waals surface area (Å²) in [4.78, 5) is 13.2. The first-order valence-corrected chi connectivity index (χ1v) is 14.5. The maximum absolute atomic E-state index is 13.0. The molecule has 1 N–H and O–H groups in total. The first-order valence-electron chi connectivity index (χ1n) is 12.8. The van der Waals surface area contributed by atoms with Crippen LogP contribution in [0.25, 0.3) is 21.8 Å². The molecular weight excluding hydrogens is 537 g/mol. The van der Waals surface area contributed by atoms with Gasteiger partial charge < -0.3 is 9.88 Å². The molecule has 0 spiro atoms.